The van der Waals surface area contributed by atoms with E-state index in [0.29, 0.717) is 31.5 Å². The number of rotatable bonds is 8. The molecule has 1 aromatic heterocycles. The van der Waals surface area contributed by atoms with Crippen LogP contribution in [0, 0.1) is 0 Å². The van der Waals surface area contributed by atoms with Gasteiger partial charge in [-0.2, -0.15) is 0 Å². The van der Waals surface area contributed by atoms with E-state index in [4.69, 9.17) is 14.2 Å². The van der Waals surface area contributed by atoms with Crippen LogP contribution in [0.3, 0.4) is 0 Å². The van der Waals surface area contributed by atoms with Gasteiger partial charge in [0.25, 0.3) is 5.91 Å². The van der Waals surface area contributed by atoms with Gasteiger partial charge in [0.05, 0.1) is 13.2 Å². The van der Waals surface area contributed by atoms with E-state index in [2.05, 4.69) is 16.9 Å². The summed E-state index contributed by atoms with van der Waals surface area (Å²) in [5.41, 5.74) is 1.07. The first-order valence-electron chi connectivity index (χ1n) is 9.79. The molecular formula is C21H27N3O4. The fourth-order valence-electron chi connectivity index (χ4n) is 3.03. The molecule has 3 rings (SSSR count). The predicted octanol–water partition coefficient (Wildman–Crippen LogP) is 2.89. The summed E-state index contributed by atoms with van der Waals surface area (Å²) in [4.78, 5) is 22.8. The van der Waals surface area contributed by atoms with Gasteiger partial charge >= 0.3 is 6.01 Å². The standard InChI is InChI=1S/C21H27N3O4/c1-3-16-12-22-21(23-13-16)28-19-6-5-11-24(14-19)20(25)15-27-18-9-7-17(8-10-18)26-4-2/h7-10,12-13,19H,3-6,11,14-15H2,1-2H3. The van der Waals surface area contributed by atoms with Gasteiger partial charge in [0.2, 0.25) is 0 Å². The van der Waals surface area contributed by atoms with E-state index in [1.165, 1.54) is 0 Å². The van der Waals surface area contributed by atoms with Crippen molar-refractivity contribution in [2.45, 2.75) is 39.2 Å². The highest BCUT2D eigenvalue weighted by atomic mass is 16.5. The first kappa shape index (κ1) is 19.9. The third kappa shape index (κ3) is 5.58. The maximum atomic E-state index is 12.5. The highest BCUT2D eigenvalue weighted by Gasteiger charge is 2.25. The lowest BCUT2D eigenvalue weighted by molar-refractivity contribution is -0.136. The van der Waals surface area contributed by atoms with E-state index in [0.717, 1.165) is 30.6 Å². The van der Waals surface area contributed by atoms with Crippen LogP contribution < -0.4 is 14.2 Å². The summed E-state index contributed by atoms with van der Waals surface area (Å²) in [6.45, 7) is 5.84. The zero-order chi connectivity index (χ0) is 19.8. The fraction of sp³-hybridized carbons (Fsp3) is 0.476. The summed E-state index contributed by atoms with van der Waals surface area (Å²) in [5, 5.41) is 0. The third-order valence-electron chi connectivity index (χ3n) is 4.59. The van der Waals surface area contributed by atoms with Crippen molar-refractivity contribution in [1.82, 2.24) is 14.9 Å². The van der Waals surface area contributed by atoms with E-state index in [1.807, 2.05) is 19.1 Å². The van der Waals surface area contributed by atoms with Gasteiger partial charge in [-0.15, -0.1) is 0 Å². The quantitative estimate of drug-likeness (QED) is 0.696. The molecule has 1 aromatic carbocycles. The average Bonchev–Trinajstić information content (AvgIpc) is 2.74. The molecule has 1 aliphatic heterocycles. The Morgan fingerprint density at radius 3 is 2.43 bits per heavy atom. The van der Waals surface area contributed by atoms with Crippen molar-refractivity contribution in [2.24, 2.45) is 0 Å². The highest BCUT2D eigenvalue weighted by Crippen LogP contribution is 2.19. The maximum Gasteiger partial charge on any atom is 0.316 e. The predicted molar refractivity (Wildman–Crippen MR) is 105 cm³/mol. The van der Waals surface area contributed by atoms with Gasteiger partial charge in [0.1, 0.15) is 17.6 Å². The molecule has 1 saturated heterocycles. The minimum atomic E-state index is -0.101. The maximum absolute atomic E-state index is 12.5. The Bertz CT molecular complexity index is 749. The Morgan fingerprint density at radius 2 is 1.79 bits per heavy atom. The molecular weight excluding hydrogens is 358 g/mol. The molecule has 2 aromatic rings. The zero-order valence-corrected chi connectivity index (χ0v) is 16.5. The summed E-state index contributed by atoms with van der Waals surface area (Å²) < 4.78 is 16.9. The summed E-state index contributed by atoms with van der Waals surface area (Å²) in [7, 11) is 0. The van der Waals surface area contributed by atoms with Crippen LogP contribution in [0.5, 0.6) is 17.5 Å². The van der Waals surface area contributed by atoms with Crippen LogP contribution in [0.2, 0.25) is 0 Å². The SMILES string of the molecule is CCOc1ccc(OCC(=O)N2CCCC(Oc3ncc(CC)cn3)C2)cc1. The van der Waals surface area contributed by atoms with Crippen molar-refractivity contribution in [3.63, 3.8) is 0 Å². The normalized spacial score (nSPS) is 16.5. The van der Waals surface area contributed by atoms with E-state index < -0.39 is 0 Å². The van der Waals surface area contributed by atoms with Crippen LogP contribution in [0.25, 0.3) is 0 Å². The number of aryl methyl sites for hydroxylation is 1. The van der Waals surface area contributed by atoms with Crippen LogP contribution in [0.4, 0.5) is 0 Å². The minimum absolute atomic E-state index is 0.00238. The van der Waals surface area contributed by atoms with Crippen molar-refractivity contribution in [3.8, 4) is 17.5 Å². The third-order valence-corrected chi connectivity index (χ3v) is 4.59. The first-order chi connectivity index (χ1) is 13.7. The van der Waals surface area contributed by atoms with Gasteiger partial charge in [-0.05, 0) is 56.0 Å². The fourth-order valence-corrected chi connectivity index (χ4v) is 3.03. The Morgan fingerprint density at radius 1 is 1.11 bits per heavy atom. The molecule has 28 heavy (non-hydrogen) atoms. The molecule has 1 fully saturated rings. The highest BCUT2D eigenvalue weighted by molar-refractivity contribution is 5.77. The molecule has 1 atom stereocenters. The number of amides is 1. The molecule has 2 heterocycles. The van der Waals surface area contributed by atoms with E-state index >= 15 is 0 Å². The van der Waals surface area contributed by atoms with Crippen molar-refractivity contribution >= 4 is 5.91 Å². The molecule has 0 aliphatic carbocycles. The number of hydrogen-bond acceptors (Lipinski definition) is 6. The topological polar surface area (TPSA) is 73.8 Å². The van der Waals surface area contributed by atoms with Crippen molar-refractivity contribution in [1.29, 1.82) is 0 Å². The van der Waals surface area contributed by atoms with E-state index in [1.54, 1.807) is 29.4 Å². The van der Waals surface area contributed by atoms with Gasteiger partial charge in [-0.1, -0.05) is 6.92 Å². The molecule has 7 nitrogen and oxygen atoms in total. The van der Waals surface area contributed by atoms with Gasteiger partial charge in [0.15, 0.2) is 6.61 Å². The van der Waals surface area contributed by atoms with Crippen LogP contribution >= 0.6 is 0 Å². The van der Waals surface area contributed by atoms with Crippen LogP contribution in [0.15, 0.2) is 36.7 Å². The second-order valence-electron chi connectivity index (χ2n) is 6.64. The summed E-state index contributed by atoms with van der Waals surface area (Å²) in [6.07, 6.45) is 6.10. The first-order valence-corrected chi connectivity index (χ1v) is 9.79. The zero-order valence-electron chi connectivity index (χ0n) is 16.5. The summed E-state index contributed by atoms with van der Waals surface area (Å²) in [5.74, 6) is 1.38. The molecule has 0 saturated carbocycles. The minimum Gasteiger partial charge on any atom is -0.494 e. The number of ether oxygens (including phenoxy) is 3. The smallest absolute Gasteiger partial charge is 0.316 e. The molecule has 0 radical (unpaired) electrons. The molecule has 1 aliphatic rings. The summed E-state index contributed by atoms with van der Waals surface area (Å²) >= 11 is 0. The number of nitrogens with zero attached hydrogens (tertiary/aromatic N) is 3. The van der Waals surface area contributed by atoms with Crippen molar-refractivity contribution in [2.75, 3.05) is 26.3 Å². The number of benzene rings is 1. The van der Waals surface area contributed by atoms with E-state index in [9.17, 15) is 4.79 Å². The average molecular weight is 385 g/mol. The lowest BCUT2D eigenvalue weighted by Crippen LogP contribution is -2.46. The largest absolute Gasteiger partial charge is 0.494 e. The molecule has 0 bridgehead atoms. The molecule has 7 heteroatoms. The summed E-state index contributed by atoms with van der Waals surface area (Å²) in [6, 6.07) is 7.63. The Hall–Kier alpha value is -2.83. The van der Waals surface area contributed by atoms with E-state index in [-0.39, 0.29) is 18.6 Å². The molecule has 1 unspecified atom stereocenters. The van der Waals surface area contributed by atoms with Crippen molar-refractivity contribution in [3.05, 3.63) is 42.2 Å². The molecule has 150 valence electrons. The Kier molecular flexibility index (Phi) is 7.06. The Labute approximate surface area is 165 Å². The second-order valence-corrected chi connectivity index (χ2v) is 6.64. The van der Waals surface area contributed by atoms with Gasteiger partial charge in [-0.25, -0.2) is 9.97 Å². The Balaban J connectivity index is 1.48. The number of carbonyl (C=O) groups excluding carboxylic acids is 1. The molecule has 1 amide bonds. The van der Waals surface area contributed by atoms with Crippen molar-refractivity contribution < 1.29 is 19.0 Å². The number of carbonyl (C=O) groups is 1. The van der Waals surface area contributed by atoms with Gasteiger partial charge in [-0.3, -0.25) is 4.79 Å². The molecule has 0 spiro atoms. The van der Waals surface area contributed by atoms with Crippen LogP contribution in [-0.2, 0) is 11.2 Å². The number of piperidine rings is 1. The lowest BCUT2D eigenvalue weighted by Gasteiger charge is -2.32. The van der Waals surface area contributed by atoms with Crippen LogP contribution in [-0.4, -0.2) is 53.2 Å². The number of aromatic nitrogens is 2. The van der Waals surface area contributed by atoms with Gasteiger partial charge < -0.3 is 19.1 Å². The monoisotopic (exact) mass is 385 g/mol. The number of hydrogen-bond donors (Lipinski definition) is 0. The molecule has 0 N–H and O–H groups in total. The van der Waals surface area contributed by atoms with Crippen LogP contribution in [0.1, 0.15) is 32.3 Å². The lowest BCUT2D eigenvalue weighted by atomic mass is 10.1. The number of likely N-dealkylation sites (tertiary alicyclic amines) is 1. The second kappa shape index (κ2) is 9.92. The van der Waals surface area contributed by atoms with Gasteiger partial charge in [0, 0.05) is 18.9 Å².